The van der Waals surface area contributed by atoms with Crippen LogP contribution in [0.1, 0.15) is 37.5 Å². The van der Waals surface area contributed by atoms with Crippen LogP contribution in [0.25, 0.3) is 0 Å². The highest BCUT2D eigenvalue weighted by atomic mass is 14.0. The molecule has 0 N–H and O–H groups in total. The van der Waals surface area contributed by atoms with Crippen LogP contribution >= 0.6 is 0 Å². The third kappa shape index (κ3) is 1.88. The van der Waals surface area contributed by atoms with Crippen molar-refractivity contribution in [2.24, 2.45) is 0 Å². The van der Waals surface area contributed by atoms with E-state index >= 15 is 0 Å². The first-order chi connectivity index (χ1) is 5.81. The lowest BCUT2D eigenvalue weighted by Crippen LogP contribution is -1.93. The molecule has 0 nitrogen and oxygen atoms in total. The molecule has 0 heteroatoms. The second-order valence-electron chi connectivity index (χ2n) is 2.96. The van der Waals surface area contributed by atoms with Crippen LogP contribution in [-0.2, 0) is 19.3 Å². The molecule has 64 valence electrons. The van der Waals surface area contributed by atoms with Crippen molar-refractivity contribution in [2.45, 2.75) is 40.0 Å². The predicted molar refractivity (Wildman–Crippen MR) is 52.2 cm³/mol. The maximum absolute atomic E-state index is 3.41. The summed E-state index contributed by atoms with van der Waals surface area (Å²) >= 11 is 0. The minimum absolute atomic E-state index is 1.04. The maximum atomic E-state index is 3.41. The second kappa shape index (κ2) is 4.30. The first kappa shape index (κ1) is 9.31. The monoisotopic (exact) mass is 160 g/mol. The quantitative estimate of drug-likeness (QED) is 0.637. The van der Waals surface area contributed by atoms with Crippen molar-refractivity contribution in [1.82, 2.24) is 0 Å². The van der Waals surface area contributed by atoms with E-state index in [1.54, 1.807) is 0 Å². The van der Waals surface area contributed by atoms with Crippen molar-refractivity contribution < 1.29 is 0 Å². The maximum Gasteiger partial charge on any atom is -0.0105 e. The van der Waals surface area contributed by atoms with Crippen LogP contribution < -0.4 is 0 Å². The largest absolute Gasteiger partial charge is 0.0613 e. The summed E-state index contributed by atoms with van der Waals surface area (Å²) < 4.78 is 0. The van der Waals surface area contributed by atoms with Gasteiger partial charge in [-0.3, -0.25) is 0 Å². The van der Waals surface area contributed by atoms with E-state index in [-0.39, 0.29) is 0 Å². The van der Waals surface area contributed by atoms with E-state index < -0.39 is 0 Å². The fourth-order valence-electron chi connectivity index (χ4n) is 1.38. The molecule has 0 heterocycles. The van der Waals surface area contributed by atoms with E-state index in [0.29, 0.717) is 0 Å². The van der Waals surface area contributed by atoms with E-state index in [1.165, 1.54) is 16.7 Å². The first-order valence-electron chi connectivity index (χ1n) is 4.76. The zero-order valence-corrected chi connectivity index (χ0v) is 8.20. The van der Waals surface area contributed by atoms with Crippen molar-refractivity contribution in [3.05, 3.63) is 34.9 Å². The molecular formula is C12H16. The number of hydrogen-bond donors (Lipinski definition) is 0. The fourth-order valence-corrected chi connectivity index (χ4v) is 1.38. The Bertz CT molecular complexity index is 248. The predicted octanol–water partition coefficient (Wildman–Crippen LogP) is 2.97. The average molecular weight is 160 g/mol. The summed E-state index contributed by atoms with van der Waals surface area (Å²) in [6.07, 6.45) is 3.22. The zero-order valence-electron chi connectivity index (χ0n) is 8.20. The summed E-state index contributed by atoms with van der Waals surface area (Å²) in [5.41, 5.74) is 3.98. The normalized spacial score (nSPS) is 10.2. The molecule has 0 bridgehead atoms. The third-order valence-corrected chi connectivity index (χ3v) is 2.20. The molecule has 0 atom stereocenters. The summed E-state index contributed by atoms with van der Waals surface area (Å²) in [6.45, 7) is 6.51. The topological polar surface area (TPSA) is 0 Å². The van der Waals surface area contributed by atoms with Crippen molar-refractivity contribution in [1.29, 1.82) is 0 Å². The standard InChI is InChI=1S/C12H16/c1-4-10-7-8-11(5-2)12(6-3)9-10/h8H,4-6H2,1-3H3. The molecule has 0 aromatic heterocycles. The Morgan fingerprint density at radius 3 is 2.33 bits per heavy atom. The highest BCUT2D eigenvalue weighted by molar-refractivity contribution is 5.29. The molecule has 2 radical (unpaired) electrons. The van der Waals surface area contributed by atoms with E-state index in [1.807, 2.05) is 0 Å². The van der Waals surface area contributed by atoms with Crippen LogP contribution in [0.2, 0.25) is 0 Å². The van der Waals surface area contributed by atoms with Crippen LogP contribution in [0, 0.1) is 12.1 Å². The highest BCUT2D eigenvalue weighted by Gasteiger charge is 1.99. The third-order valence-electron chi connectivity index (χ3n) is 2.20. The molecule has 0 aliphatic carbocycles. The number of hydrogen-bond acceptors (Lipinski definition) is 0. The molecule has 0 aliphatic heterocycles. The Morgan fingerprint density at radius 1 is 1.08 bits per heavy atom. The Kier molecular flexibility index (Phi) is 3.33. The van der Waals surface area contributed by atoms with Crippen LogP contribution in [0.5, 0.6) is 0 Å². The molecule has 1 aromatic rings. The zero-order chi connectivity index (χ0) is 8.97. The van der Waals surface area contributed by atoms with Crippen LogP contribution in [0.4, 0.5) is 0 Å². The van der Waals surface area contributed by atoms with Gasteiger partial charge in [-0.2, -0.15) is 0 Å². The average Bonchev–Trinajstić information content (AvgIpc) is 2.16. The minimum Gasteiger partial charge on any atom is -0.0613 e. The van der Waals surface area contributed by atoms with Gasteiger partial charge in [0.25, 0.3) is 0 Å². The van der Waals surface area contributed by atoms with Gasteiger partial charge in [0.15, 0.2) is 0 Å². The van der Waals surface area contributed by atoms with Gasteiger partial charge in [0.05, 0.1) is 0 Å². The van der Waals surface area contributed by atoms with Gasteiger partial charge in [0.1, 0.15) is 0 Å². The van der Waals surface area contributed by atoms with E-state index in [9.17, 15) is 0 Å². The van der Waals surface area contributed by atoms with Gasteiger partial charge in [-0.05, 0) is 48.1 Å². The number of aryl methyl sites for hydroxylation is 3. The van der Waals surface area contributed by atoms with Gasteiger partial charge in [0, 0.05) is 0 Å². The molecule has 1 aromatic carbocycles. The van der Waals surface area contributed by atoms with E-state index in [4.69, 9.17) is 0 Å². The first-order valence-corrected chi connectivity index (χ1v) is 4.76. The SMILES string of the molecule is CCc1[c]cc(CC)c(CC)[c]1. The summed E-state index contributed by atoms with van der Waals surface area (Å²) in [7, 11) is 0. The Labute approximate surface area is 75.6 Å². The molecule has 0 amide bonds. The fraction of sp³-hybridized carbons (Fsp3) is 0.500. The van der Waals surface area contributed by atoms with Gasteiger partial charge in [-0.25, -0.2) is 0 Å². The highest BCUT2D eigenvalue weighted by Crippen LogP contribution is 2.12. The molecule has 0 saturated carbocycles. The smallest absolute Gasteiger partial charge is 0.0105 e. The summed E-state index contributed by atoms with van der Waals surface area (Å²) in [5.74, 6) is 0. The summed E-state index contributed by atoms with van der Waals surface area (Å²) in [4.78, 5) is 0. The molecular weight excluding hydrogens is 144 g/mol. The van der Waals surface area contributed by atoms with Crippen LogP contribution in [-0.4, -0.2) is 0 Å². The van der Waals surface area contributed by atoms with Gasteiger partial charge < -0.3 is 0 Å². The van der Waals surface area contributed by atoms with Crippen LogP contribution in [0.15, 0.2) is 6.07 Å². The Hall–Kier alpha value is -0.780. The van der Waals surface area contributed by atoms with Gasteiger partial charge in [0.2, 0.25) is 0 Å². The van der Waals surface area contributed by atoms with E-state index in [0.717, 1.165) is 19.3 Å². The lowest BCUT2D eigenvalue weighted by atomic mass is 9.99. The summed E-state index contributed by atoms with van der Waals surface area (Å²) in [6, 6.07) is 8.78. The molecule has 1 rings (SSSR count). The van der Waals surface area contributed by atoms with Gasteiger partial charge in [-0.15, -0.1) is 0 Å². The van der Waals surface area contributed by atoms with Crippen LogP contribution in [0.3, 0.4) is 0 Å². The van der Waals surface area contributed by atoms with Crippen molar-refractivity contribution in [2.75, 3.05) is 0 Å². The van der Waals surface area contributed by atoms with E-state index in [2.05, 4.69) is 39.0 Å². The van der Waals surface area contributed by atoms with Crippen molar-refractivity contribution >= 4 is 0 Å². The Morgan fingerprint density at radius 2 is 1.83 bits per heavy atom. The molecule has 0 aliphatic rings. The van der Waals surface area contributed by atoms with Gasteiger partial charge in [-0.1, -0.05) is 26.8 Å². The number of benzene rings is 1. The number of rotatable bonds is 3. The molecule has 0 unspecified atom stereocenters. The lowest BCUT2D eigenvalue weighted by Gasteiger charge is -2.05. The second-order valence-corrected chi connectivity index (χ2v) is 2.96. The van der Waals surface area contributed by atoms with Gasteiger partial charge >= 0.3 is 0 Å². The Balaban J connectivity index is 3.02. The minimum atomic E-state index is 1.04. The van der Waals surface area contributed by atoms with Crippen molar-refractivity contribution in [3.63, 3.8) is 0 Å². The van der Waals surface area contributed by atoms with Crippen molar-refractivity contribution in [3.8, 4) is 0 Å². The molecule has 0 saturated heterocycles. The molecule has 0 fully saturated rings. The lowest BCUT2D eigenvalue weighted by molar-refractivity contribution is 1.01. The molecule has 12 heavy (non-hydrogen) atoms. The summed E-state index contributed by atoms with van der Waals surface area (Å²) in [5, 5.41) is 0. The molecule has 0 spiro atoms.